The molecule has 1 saturated carbocycles. The molecule has 0 amide bonds. The molecule has 1 aromatic carbocycles. The standard InChI is InChI=1S/C17H21BrN2/c1-20(17-9-5-3-7-15(17)18)12-14-11-10-13-6-2-4-8-16(13)19-14/h2,4,6,8,10-11,15,17H,3,5,7,9,12H2,1H3. The largest absolute Gasteiger partial charge is 0.296 e. The van der Waals surface area contributed by atoms with Crippen LogP contribution in [0, 0.1) is 0 Å². The molecule has 2 atom stereocenters. The van der Waals surface area contributed by atoms with Crippen LogP contribution in [0.2, 0.25) is 0 Å². The molecule has 0 saturated heterocycles. The summed E-state index contributed by atoms with van der Waals surface area (Å²) in [7, 11) is 2.22. The normalized spacial score (nSPS) is 23.4. The van der Waals surface area contributed by atoms with Gasteiger partial charge in [0.15, 0.2) is 0 Å². The summed E-state index contributed by atoms with van der Waals surface area (Å²) in [6.45, 7) is 0.928. The summed E-state index contributed by atoms with van der Waals surface area (Å²) in [4.78, 5) is 7.86. The number of pyridine rings is 1. The van der Waals surface area contributed by atoms with Gasteiger partial charge >= 0.3 is 0 Å². The summed E-state index contributed by atoms with van der Waals surface area (Å²) in [5.41, 5.74) is 2.26. The lowest BCUT2D eigenvalue weighted by Gasteiger charge is -2.35. The maximum absolute atomic E-state index is 4.78. The van der Waals surface area contributed by atoms with Crippen LogP contribution in [0.15, 0.2) is 36.4 Å². The van der Waals surface area contributed by atoms with E-state index in [1.807, 2.05) is 0 Å². The number of aromatic nitrogens is 1. The van der Waals surface area contributed by atoms with Crippen molar-refractivity contribution in [3.8, 4) is 0 Å². The van der Waals surface area contributed by atoms with Crippen molar-refractivity contribution >= 4 is 26.8 Å². The molecule has 0 radical (unpaired) electrons. The summed E-state index contributed by atoms with van der Waals surface area (Å²) >= 11 is 3.85. The number of para-hydroxylation sites is 1. The van der Waals surface area contributed by atoms with Gasteiger partial charge in [0.05, 0.1) is 11.2 Å². The van der Waals surface area contributed by atoms with Crippen LogP contribution in [0.25, 0.3) is 10.9 Å². The first-order valence-corrected chi connectivity index (χ1v) is 8.34. The lowest BCUT2D eigenvalue weighted by atomic mass is 9.94. The predicted molar refractivity (Wildman–Crippen MR) is 88.2 cm³/mol. The second kappa shape index (κ2) is 6.23. The van der Waals surface area contributed by atoms with Crippen LogP contribution in [0.1, 0.15) is 31.4 Å². The molecule has 0 N–H and O–H groups in total. The fourth-order valence-corrected chi connectivity index (χ4v) is 4.12. The van der Waals surface area contributed by atoms with Crippen molar-refractivity contribution < 1.29 is 0 Å². The number of halogens is 1. The first kappa shape index (κ1) is 14.0. The molecule has 0 spiro atoms. The smallest absolute Gasteiger partial charge is 0.0705 e. The van der Waals surface area contributed by atoms with E-state index >= 15 is 0 Å². The summed E-state index contributed by atoms with van der Waals surface area (Å²) in [5, 5.41) is 1.22. The Morgan fingerprint density at radius 2 is 1.95 bits per heavy atom. The third-order valence-corrected chi connectivity index (χ3v) is 5.35. The van der Waals surface area contributed by atoms with Crippen LogP contribution in [-0.4, -0.2) is 27.8 Å². The number of alkyl halides is 1. The number of nitrogens with zero attached hydrogens (tertiary/aromatic N) is 2. The van der Waals surface area contributed by atoms with E-state index in [0.29, 0.717) is 10.9 Å². The molecule has 106 valence electrons. The highest BCUT2D eigenvalue weighted by atomic mass is 79.9. The summed E-state index contributed by atoms with van der Waals surface area (Å²) in [6.07, 6.45) is 5.29. The fraction of sp³-hybridized carbons (Fsp3) is 0.471. The van der Waals surface area contributed by atoms with E-state index in [0.717, 1.165) is 17.8 Å². The van der Waals surface area contributed by atoms with Gasteiger partial charge in [-0.3, -0.25) is 9.88 Å². The molecule has 3 heteroatoms. The molecule has 2 aromatic rings. The molecule has 2 unspecified atom stereocenters. The zero-order valence-electron chi connectivity index (χ0n) is 11.9. The second-order valence-electron chi connectivity index (χ2n) is 5.78. The van der Waals surface area contributed by atoms with Gasteiger partial charge in [-0.1, -0.05) is 53.0 Å². The summed E-state index contributed by atoms with van der Waals surface area (Å²) < 4.78 is 0. The quantitative estimate of drug-likeness (QED) is 0.775. The van der Waals surface area contributed by atoms with Crippen molar-refractivity contribution in [2.24, 2.45) is 0 Å². The second-order valence-corrected chi connectivity index (χ2v) is 6.95. The zero-order valence-corrected chi connectivity index (χ0v) is 13.5. The van der Waals surface area contributed by atoms with Gasteiger partial charge in [-0.25, -0.2) is 0 Å². The highest BCUT2D eigenvalue weighted by molar-refractivity contribution is 9.09. The van der Waals surface area contributed by atoms with Crippen LogP contribution in [0.4, 0.5) is 0 Å². The van der Waals surface area contributed by atoms with Crippen molar-refractivity contribution in [3.05, 3.63) is 42.1 Å². The van der Waals surface area contributed by atoms with Gasteiger partial charge in [-0.15, -0.1) is 0 Å². The highest BCUT2D eigenvalue weighted by Gasteiger charge is 2.26. The molecule has 3 rings (SSSR count). The van der Waals surface area contributed by atoms with E-state index in [1.165, 1.54) is 31.1 Å². The highest BCUT2D eigenvalue weighted by Crippen LogP contribution is 2.28. The van der Waals surface area contributed by atoms with E-state index < -0.39 is 0 Å². The third kappa shape index (κ3) is 3.04. The monoisotopic (exact) mass is 332 g/mol. The number of benzene rings is 1. The Bertz CT molecular complexity index is 584. The van der Waals surface area contributed by atoms with E-state index in [9.17, 15) is 0 Å². The number of hydrogen-bond donors (Lipinski definition) is 0. The maximum atomic E-state index is 4.78. The zero-order chi connectivity index (χ0) is 13.9. The minimum atomic E-state index is 0.627. The fourth-order valence-electron chi connectivity index (χ4n) is 3.13. The van der Waals surface area contributed by atoms with Crippen LogP contribution in [0.3, 0.4) is 0 Å². The Kier molecular flexibility index (Phi) is 4.37. The van der Waals surface area contributed by atoms with Crippen molar-refractivity contribution in [2.45, 2.75) is 43.1 Å². The van der Waals surface area contributed by atoms with Crippen LogP contribution in [0.5, 0.6) is 0 Å². The minimum absolute atomic E-state index is 0.627. The Morgan fingerprint density at radius 1 is 1.15 bits per heavy atom. The molecule has 1 fully saturated rings. The molecule has 2 nitrogen and oxygen atoms in total. The van der Waals surface area contributed by atoms with Crippen LogP contribution in [-0.2, 0) is 6.54 Å². The van der Waals surface area contributed by atoms with Crippen LogP contribution >= 0.6 is 15.9 Å². The first-order valence-electron chi connectivity index (χ1n) is 7.43. The average molecular weight is 333 g/mol. The first-order chi connectivity index (χ1) is 9.74. The number of rotatable bonds is 3. The van der Waals surface area contributed by atoms with Gasteiger partial charge in [0, 0.05) is 22.8 Å². The van der Waals surface area contributed by atoms with Gasteiger partial charge in [-0.2, -0.15) is 0 Å². The molecule has 0 bridgehead atoms. The number of fused-ring (bicyclic) bond motifs is 1. The summed E-state index contributed by atoms with van der Waals surface area (Å²) in [6, 6.07) is 13.3. The van der Waals surface area contributed by atoms with E-state index in [1.54, 1.807) is 0 Å². The molecule has 20 heavy (non-hydrogen) atoms. The van der Waals surface area contributed by atoms with E-state index in [2.05, 4.69) is 64.3 Å². The molecule has 1 aliphatic rings. The van der Waals surface area contributed by atoms with Gasteiger partial charge < -0.3 is 0 Å². The molecular formula is C17H21BrN2. The Balaban J connectivity index is 1.74. The average Bonchev–Trinajstić information content (AvgIpc) is 2.47. The van der Waals surface area contributed by atoms with Gasteiger partial charge in [0.25, 0.3) is 0 Å². The Labute approximate surface area is 129 Å². The lowest BCUT2D eigenvalue weighted by molar-refractivity contribution is 0.191. The van der Waals surface area contributed by atoms with Gasteiger partial charge in [0.1, 0.15) is 0 Å². The van der Waals surface area contributed by atoms with Crippen molar-refractivity contribution in [3.63, 3.8) is 0 Å². The third-order valence-electron chi connectivity index (χ3n) is 4.28. The maximum Gasteiger partial charge on any atom is 0.0705 e. The number of hydrogen-bond acceptors (Lipinski definition) is 2. The molecule has 1 aromatic heterocycles. The van der Waals surface area contributed by atoms with E-state index in [-0.39, 0.29) is 0 Å². The molecule has 1 heterocycles. The SMILES string of the molecule is CN(Cc1ccc2ccccc2n1)C1CCCCC1Br. The van der Waals surface area contributed by atoms with Crippen LogP contribution < -0.4 is 0 Å². The minimum Gasteiger partial charge on any atom is -0.296 e. The summed E-state index contributed by atoms with van der Waals surface area (Å²) in [5.74, 6) is 0. The van der Waals surface area contributed by atoms with Gasteiger partial charge in [-0.05, 0) is 32.0 Å². The Hall–Kier alpha value is -0.930. The van der Waals surface area contributed by atoms with Crippen molar-refractivity contribution in [1.82, 2.24) is 9.88 Å². The molecule has 0 aliphatic heterocycles. The predicted octanol–water partition coefficient (Wildman–Crippen LogP) is 4.37. The lowest BCUT2D eigenvalue weighted by Crippen LogP contribution is -2.40. The molecular weight excluding hydrogens is 312 g/mol. The Morgan fingerprint density at radius 3 is 2.80 bits per heavy atom. The molecule has 1 aliphatic carbocycles. The van der Waals surface area contributed by atoms with Crippen molar-refractivity contribution in [1.29, 1.82) is 0 Å². The van der Waals surface area contributed by atoms with E-state index in [4.69, 9.17) is 4.98 Å². The van der Waals surface area contributed by atoms with Crippen molar-refractivity contribution in [2.75, 3.05) is 7.05 Å². The van der Waals surface area contributed by atoms with Gasteiger partial charge in [0.2, 0.25) is 0 Å². The topological polar surface area (TPSA) is 16.1 Å².